The van der Waals surface area contributed by atoms with Crippen LogP contribution in [0.2, 0.25) is 0 Å². The summed E-state index contributed by atoms with van der Waals surface area (Å²) >= 11 is 0. The Morgan fingerprint density at radius 2 is 2.00 bits per heavy atom. The fourth-order valence-corrected chi connectivity index (χ4v) is 1.76. The smallest absolute Gasteiger partial charge is 0.338 e. The number of hydrogen-bond donors (Lipinski definition) is 3. The molecule has 2 unspecified atom stereocenters. The second-order valence-electron chi connectivity index (χ2n) is 4.25. The van der Waals surface area contributed by atoms with E-state index in [0.717, 1.165) is 6.08 Å². The van der Waals surface area contributed by atoms with Gasteiger partial charge in [0, 0.05) is 0 Å². The molecule has 1 aliphatic carbocycles. The SMILES string of the molecule is CCOC(=O)C1=C(C(=O)O)C(N)C(C)(C(=O)O)C=C1. The predicted molar refractivity (Wildman–Crippen MR) is 64.2 cm³/mol. The van der Waals surface area contributed by atoms with Crippen LogP contribution in [0.5, 0.6) is 0 Å². The summed E-state index contributed by atoms with van der Waals surface area (Å²) in [4.78, 5) is 34.1. The third kappa shape index (κ3) is 2.50. The van der Waals surface area contributed by atoms with Crippen LogP contribution in [0.3, 0.4) is 0 Å². The van der Waals surface area contributed by atoms with Crippen molar-refractivity contribution < 1.29 is 29.3 Å². The van der Waals surface area contributed by atoms with Gasteiger partial charge < -0.3 is 20.7 Å². The van der Waals surface area contributed by atoms with Crippen molar-refractivity contribution in [2.75, 3.05) is 6.61 Å². The molecule has 0 saturated carbocycles. The van der Waals surface area contributed by atoms with Gasteiger partial charge in [0.2, 0.25) is 0 Å². The Hall–Kier alpha value is -2.15. The molecule has 0 aliphatic heterocycles. The van der Waals surface area contributed by atoms with Crippen molar-refractivity contribution in [1.82, 2.24) is 0 Å². The normalized spacial score (nSPS) is 26.2. The Kier molecular flexibility index (Phi) is 4.10. The van der Waals surface area contributed by atoms with Crippen molar-refractivity contribution in [3.05, 3.63) is 23.3 Å². The number of ether oxygens (including phenoxy) is 1. The van der Waals surface area contributed by atoms with E-state index in [4.69, 9.17) is 20.7 Å². The van der Waals surface area contributed by atoms with Gasteiger partial charge in [-0.2, -0.15) is 0 Å². The second kappa shape index (κ2) is 5.23. The average Bonchev–Trinajstić information content (AvgIpc) is 2.31. The molecule has 0 radical (unpaired) electrons. The van der Waals surface area contributed by atoms with Crippen LogP contribution in [0.4, 0.5) is 0 Å². The van der Waals surface area contributed by atoms with Gasteiger partial charge in [0.25, 0.3) is 0 Å². The molecule has 1 rings (SSSR count). The van der Waals surface area contributed by atoms with E-state index in [9.17, 15) is 14.4 Å². The summed E-state index contributed by atoms with van der Waals surface area (Å²) in [5, 5.41) is 18.3. The van der Waals surface area contributed by atoms with Crippen LogP contribution in [0.15, 0.2) is 23.3 Å². The highest BCUT2D eigenvalue weighted by Gasteiger charge is 2.45. The van der Waals surface area contributed by atoms with Crippen molar-refractivity contribution >= 4 is 17.9 Å². The second-order valence-corrected chi connectivity index (χ2v) is 4.25. The zero-order chi connectivity index (χ0) is 14.8. The molecule has 0 aromatic carbocycles. The summed E-state index contributed by atoms with van der Waals surface area (Å²) in [5.41, 5.74) is 3.45. The Morgan fingerprint density at radius 3 is 2.42 bits per heavy atom. The number of carbonyl (C=O) groups excluding carboxylic acids is 1. The molecule has 2 atom stereocenters. The van der Waals surface area contributed by atoms with E-state index in [1.54, 1.807) is 6.92 Å². The Bertz CT molecular complexity index is 492. The highest BCUT2D eigenvalue weighted by atomic mass is 16.5. The van der Waals surface area contributed by atoms with E-state index in [0.29, 0.717) is 0 Å². The first-order valence-corrected chi connectivity index (χ1v) is 5.58. The number of hydrogen-bond acceptors (Lipinski definition) is 5. The van der Waals surface area contributed by atoms with Crippen LogP contribution in [-0.2, 0) is 19.1 Å². The summed E-state index contributed by atoms with van der Waals surface area (Å²) in [6, 6.07) is -1.34. The minimum Gasteiger partial charge on any atom is -0.481 e. The summed E-state index contributed by atoms with van der Waals surface area (Å²) in [7, 11) is 0. The molecule has 0 fully saturated rings. The summed E-state index contributed by atoms with van der Waals surface area (Å²) in [6.07, 6.45) is 2.34. The average molecular weight is 269 g/mol. The first-order chi connectivity index (χ1) is 8.75. The Balaban J connectivity index is 3.34. The third-order valence-electron chi connectivity index (χ3n) is 3.03. The maximum Gasteiger partial charge on any atom is 0.338 e. The number of nitrogens with two attached hydrogens (primary N) is 1. The number of carbonyl (C=O) groups is 3. The molecule has 0 spiro atoms. The highest BCUT2D eigenvalue weighted by molar-refractivity contribution is 6.04. The fourth-order valence-electron chi connectivity index (χ4n) is 1.76. The van der Waals surface area contributed by atoms with Crippen LogP contribution >= 0.6 is 0 Å². The van der Waals surface area contributed by atoms with E-state index in [1.165, 1.54) is 13.0 Å². The van der Waals surface area contributed by atoms with Gasteiger partial charge in [-0.15, -0.1) is 0 Å². The number of carboxylic acid groups (broad SMARTS) is 2. The predicted octanol–water partition coefficient (Wildman–Crippen LogP) is -0.0813. The van der Waals surface area contributed by atoms with Crippen LogP contribution in [0, 0.1) is 5.41 Å². The molecule has 0 saturated heterocycles. The van der Waals surface area contributed by atoms with Crippen LogP contribution in [0.25, 0.3) is 0 Å². The standard InChI is InChI=1S/C12H15NO6/c1-3-19-10(16)6-4-5-12(2,11(17)18)8(13)7(6)9(14)15/h4-5,8H,3,13H2,1-2H3,(H,14,15)(H,17,18). The highest BCUT2D eigenvalue weighted by Crippen LogP contribution is 2.34. The van der Waals surface area contributed by atoms with Crippen LogP contribution < -0.4 is 5.73 Å². The van der Waals surface area contributed by atoms with Crippen LogP contribution in [-0.4, -0.2) is 40.8 Å². The van der Waals surface area contributed by atoms with Gasteiger partial charge in [0.15, 0.2) is 0 Å². The van der Waals surface area contributed by atoms with Crippen molar-refractivity contribution in [3.63, 3.8) is 0 Å². The molecule has 4 N–H and O–H groups in total. The quantitative estimate of drug-likeness (QED) is 0.609. The van der Waals surface area contributed by atoms with Gasteiger partial charge in [-0.3, -0.25) is 4.79 Å². The van der Waals surface area contributed by atoms with Gasteiger partial charge in [-0.1, -0.05) is 6.08 Å². The summed E-state index contributed by atoms with van der Waals surface area (Å²) in [5.74, 6) is -3.54. The lowest BCUT2D eigenvalue weighted by atomic mass is 9.73. The van der Waals surface area contributed by atoms with Crippen molar-refractivity contribution in [3.8, 4) is 0 Å². The molecular weight excluding hydrogens is 254 g/mol. The summed E-state index contributed by atoms with van der Waals surface area (Å²) in [6.45, 7) is 2.95. The van der Waals surface area contributed by atoms with Gasteiger partial charge in [0.1, 0.15) is 5.41 Å². The molecule has 0 bridgehead atoms. The van der Waals surface area contributed by atoms with Gasteiger partial charge in [-0.25, -0.2) is 9.59 Å². The van der Waals surface area contributed by atoms with E-state index in [1.807, 2.05) is 0 Å². The van der Waals surface area contributed by atoms with E-state index in [2.05, 4.69) is 0 Å². The van der Waals surface area contributed by atoms with E-state index >= 15 is 0 Å². The third-order valence-corrected chi connectivity index (χ3v) is 3.03. The number of carboxylic acids is 2. The first kappa shape index (κ1) is 14.9. The van der Waals surface area contributed by atoms with E-state index < -0.39 is 34.9 Å². The first-order valence-electron chi connectivity index (χ1n) is 5.58. The number of rotatable bonds is 4. The van der Waals surface area contributed by atoms with Gasteiger partial charge in [0.05, 0.1) is 23.8 Å². The zero-order valence-electron chi connectivity index (χ0n) is 10.5. The lowest BCUT2D eigenvalue weighted by Gasteiger charge is -2.32. The topological polar surface area (TPSA) is 127 Å². The molecule has 104 valence electrons. The van der Waals surface area contributed by atoms with Crippen LogP contribution in [0.1, 0.15) is 13.8 Å². The lowest BCUT2D eigenvalue weighted by Crippen LogP contribution is -2.49. The zero-order valence-corrected chi connectivity index (χ0v) is 10.5. The van der Waals surface area contributed by atoms with Crippen molar-refractivity contribution in [1.29, 1.82) is 0 Å². The molecule has 19 heavy (non-hydrogen) atoms. The minimum absolute atomic E-state index is 0.0779. The maximum atomic E-state index is 11.6. The molecule has 0 aromatic rings. The Morgan fingerprint density at radius 1 is 1.42 bits per heavy atom. The molecule has 7 nitrogen and oxygen atoms in total. The number of esters is 1. The van der Waals surface area contributed by atoms with Crippen molar-refractivity contribution in [2.45, 2.75) is 19.9 Å². The molecule has 0 heterocycles. The molecule has 0 aromatic heterocycles. The maximum absolute atomic E-state index is 11.6. The number of aliphatic carboxylic acids is 2. The molecule has 7 heteroatoms. The van der Waals surface area contributed by atoms with Gasteiger partial charge in [-0.05, 0) is 19.9 Å². The fraction of sp³-hybridized carbons (Fsp3) is 0.417. The molecule has 1 aliphatic rings. The summed E-state index contributed by atoms with van der Waals surface area (Å²) < 4.78 is 4.72. The lowest BCUT2D eigenvalue weighted by molar-refractivity contribution is -0.146. The van der Waals surface area contributed by atoms with Gasteiger partial charge >= 0.3 is 17.9 Å². The van der Waals surface area contributed by atoms with E-state index in [-0.39, 0.29) is 12.2 Å². The molecule has 0 amide bonds. The minimum atomic E-state index is -1.58. The van der Waals surface area contributed by atoms with Crippen molar-refractivity contribution in [2.24, 2.45) is 11.1 Å². The monoisotopic (exact) mass is 269 g/mol. The largest absolute Gasteiger partial charge is 0.481 e. The Labute approximate surface area is 109 Å². The molecular formula is C12H15NO6.